The minimum atomic E-state index is -0.572. The first-order valence-electron chi connectivity index (χ1n) is 11.6. The Morgan fingerprint density at radius 2 is 1.65 bits per heavy atom. The van der Waals surface area contributed by atoms with Gasteiger partial charge in [0.05, 0.1) is 24.6 Å². The molecule has 2 heterocycles. The molecule has 2 amide bonds. The second-order valence-electron chi connectivity index (χ2n) is 8.44. The van der Waals surface area contributed by atoms with E-state index in [1.165, 1.54) is 6.20 Å². The predicted octanol–water partition coefficient (Wildman–Crippen LogP) is 5.83. The highest BCUT2D eigenvalue weighted by Crippen LogP contribution is 2.38. The minimum Gasteiger partial charge on any atom is -0.495 e. The smallest absolute Gasteiger partial charge is 0.261 e. The summed E-state index contributed by atoms with van der Waals surface area (Å²) in [6, 6.07) is 23.6. The van der Waals surface area contributed by atoms with Gasteiger partial charge in [0.15, 0.2) is 0 Å². The Morgan fingerprint density at radius 1 is 0.946 bits per heavy atom. The average Bonchev–Trinajstić information content (AvgIpc) is 3.33. The standard InChI is InChI=1S/C28H24BrN5O3/c1-17-24(28(36)33-22-10-6-7-11-23(22)37-2)25(18-12-14-19(29)15-13-18)34-26(31-17)21(16-30-34)27(35)32-20-8-4-3-5-9-20/h3-16,25,31H,1-2H3,(H,32,35)(H,33,36). The van der Waals surface area contributed by atoms with Gasteiger partial charge in [-0.1, -0.05) is 58.4 Å². The van der Waals surface area contributed by atoms with Crippen LogP contribution in [0.15, 0.2) is 101 Å². The SMILES string of the molecule is COc1ccccc1NC(=O)C1=C(C)Nc2c(C(=O)Nc3ccccc3)cnn2C1c1ccc(Br)cc1. The molecule has 1 aliphatic heterocycles. The number of allylic oxidation sites excluding steroid dienone is 1. The first kappa shape index (κ1) is 24.3. The number of ether oxygens (including phenoxy) is 1. The van der Waals surface area contributed by atoms with Crippen LogP contribution in [0.2, 0.25) is 0 Å². The number of rotatable bonds is 6. The normalized spacial score (nSPS) is 14.4. The number of fused-ring (bicyclic) bond motifs is 1. The summed E-state index contributed by atoms with van der Waals surface area (Å²) in [5.41, 5.74) is 3.53. The molecule has 0 spiro atoms. The maximum atomic E-state index is 13.7. The van der Waals surface area contributed by atoms with Crippen LogP contribution in [0.4, 0.5) is 17.2 Å². The summed E-state index contributed by atoms with van der Waals surface area (Å²) in [6.45, 7) is 1.82. The van der Waals surface area contributed by atoms with Gasteiger partial charge in [0, 0.05) is 15.9 Å². The summed E-state index contributed by atoms with van der Waals surface area (Å²) in [5.74, 6) is 0.452. The molecule has 1 aromatic heterocycles. The fourth-order valence-electron chi connectivity index (χ4n) is 4.33. The van der Waals surface area contributed by atoms with Crippen molar-refractivity contribution >= 4 is 44.9 Å². The van der Waals surface area contributed by atoms with E-state index in [1.54, 1.807) is 23.9 Å². The van der Waals surface area contributed by atoms with E-state index in [0.717, 1.165) is 10.0 Å². The molecule has 5 rings (SSSR count). The summed E-state index contributed by atoms with van der Waals surface area (Å²) < 4.78 is 7.99. The number of carbonyl (C=O) groups is 2. The van der Waals surface area contributed by atoms with Crippen molar-refractivity contribution in [3.8, 4) is 5.75 Å². The number of methoxy groups -OCH3 is 1. The van der Waals surface area contributed by atoms with E-state index < -0.39 is 6.04 Å². The quantitative estimate of drug-likeness (QED) is 0.277. The molecule has 0 saturated heterocycles. The Morgan fingerprint density at radius 3 is 2.38 bits per heavy atom. The fraction of sp³-hybridized carbons (Fsp3) is 0.107. The molecule has 4 aromatic rings. The largest absolute Gasteiger partial charge is 0.495 e. The van der Waals surface area contributed by atoms with Gasteiger partial charge in [-0.05, 0) is 48.9 Å². The zero-order valence-corrected chi connectivity index (χ0v) is 21.7. The summed E-state index contributed by atoms with van der Waals surface area (Å²) in [7, 11) is 1.56. The number of carbonyl (C=O) groups excluding carboxylic acids is 2. The number of hydrogen-bond donors (Lipinski definition) is 3. The van der Waals surface area contributed by atoms with E-state index in [9.17, 15) is 9.59 Å². The number of aromatic nitrogens is 2. The second kappa shape index (κ2) is 10.3. The molecule has 37 heavy (non-hydrogen) atoms. The average molecular weight is 558 g/mol. The van der Waals surface area contributed by atoms with Gasteiger partial charge in [0.2, 0.25) is 0 Å². The number of para-hydroxylation sites is 3. The van der Waals surface area contributed by atoms with Crippen molar-refractivity contribution in [2.45, 2.75) is 13.0 Å². The number of halogens is 1. The van der Waals surface area contributed by atoms with E-state index in [4.69, 9.17) is 4.74 Å². The van der Waals surface area contributed by atoms with Crippen LogP contribution < -0.4 is 20.7 Å². The van der Waals surface area contributed by atoms with Crippen LogP contribution in [0.1, 0.15) is 28.9 Å². The van der Waals surface area contributed by atoms with E-state index in [0.29, 0.717) is 39.8 Å². The number of nitrogens with one attached hydrogen (secondary N) is 3. The molecule has 1 atom stereocenters. The summed E-state index contributed by atoms with van der Waals surface area (Å²) in [6.07, 6.45) is 1.51. The zero-order chi connectivity index (χ0) is 25.9. The molecule has 0 aliphatic carbocycles. The summed E-state index contributed by atoms with van der Waals surface area (Å²) in [4.78, 5) is 26.8. The third-order valence-electron chi connectivity index (χ3n) is 6.09. The third kappa shape index (κ3) is 4.85. The lowest BCUT2D eigenvalue weighted by Gasteiger charge is -2.30. The number of amides is 2. The van der Waals surface area contributed by atoms with Gasteiger partial charge in [-0.15, -0.1) is 0 Å². The Kier molecular flexibility index (Phi) is 6.78. The maximum absolute atomic E-state index is 13.7. The van der Waals surface area contributed by atoms with Gasteiger partial charge in [-0.2, -0.15) is 5.10 Å². The second-order valence-corrected chi connectivity index (χ2v) is 9.36. The van der Waals surface area contributed by atoms with Gasteiger partial charge in [-0.25, -0.2) is 4.68 Å². The molecule has 3 aromatic carbocycles. The number of anilines is 3. The molecular formula is C28H24BrN5O3. The van der Waals surface area contributed by atoms with Crippen LogP contribution in [0.5, 0.6) is 5.75 Å². The number of benzene rings is 3. The van der Waals surface area contributed by atoms with Gasteiger partial charge in [0.1, 0.15) is 23.2 Å². The first-order valence-corrected chi connectivity index (χ1v) is 12.4. The van der Waals surface area contributed by atoms with Crippen LogP contribution in [0, 0.1) is 0 Å². The van der Waals surface area contributed by atoms with Crippen molar-refractivity contribution in [2.24, 2.45) is 0 Å². The molecule has 3 N–H and O–H groups in total. The zero-order valence-electron chi connectivity index (χ0n) is 20.2. The lowest BCUT2D eigenvalue weighted by atomic mass is 9.94. The van der Waals surface area contributed by atoms with Crippen LogP contribution in [0.3, 0.4) is 0 Å². The van der Waals surface area contributed by atoms with Crippen molar-refractivity contribution in [2.75, 3.05) is 23.1 Å². The first-order chi connectivity index (χ1) is 18.0. The highest BCUT2D eigenvalue weighted by molar-refractivity contribution is 9.10. The third-order valence-corrected chi connectivity index (χ3v) is 6.61. The monoisotopic (exact) mass is 557 g/mol. The van der Waals surface area contributed by atoms with Crippen molar-refractivity contribution in [1.29, 1.82) is 0 Å². The van der Waals surface area contributed by atoms with Crippen LogP contribution in [-0.4, -0.2) is 28.7 Å². The lowest BCUT2D eigenvalue weighted by molar-refractivity contribution is -0.113. The van der Waals surface area contributed by atoms with E-state index in [2.05, 4.69) is 37.0 Å². The van der Waals surface area contributed by atoms with Crippen molar-refractivity contribution in [1.82, 2.24) is 9.78 Å². The van der Waals surface area contributed by atoms with Crippen molar-refractivity contribution in [3.63, 3.8) is 0 Å². The van der Waals surface area contributed by atoms with Gasteiger partial charge in [-0.3, -0.25) is 9.59 Å². The molecule has 1 aliphatic rings. The highest BCUT2D eigenvalue weighted by atomic mass is 79.9. The van der Waals surface area contributed by atoms with Gasteiger partial charge >= 0.3 is 0 Å². The molecule has 0 saturated carbocycles. The van der Waals surface area contributed by atoms with Crippen LogP contribution in [0.25, 0.3) is 0 Å². The minimum absolute atomic E-state index is 0.302. The fourth-order valence-corrected chi connectivity index (χ4v) is 4.59. The van der Waals surface area contributed by atoms with E-state index in [1.807, 2.05) is 73.7 Å². The molecule has 9 heteroatoms. The van der Waals surface area contributed by atoms with Gasteiger partial charge < -0.3 is 20.7 Å². The van der Waals surface area contributed by atoms with Crippen molar-refractivity contribution in [3.05, 3.63) is 112 Å². The van der Waals surface area contributed by atoms with E-state index >= 15 is 0 Å². The highest BCUT2D eigenvalue weighted by Gasteiger charge is 2.35. The van der Waals surface area contributed by atoms with E-state index in [-0.39, 0.29) is 11.8 Å². The lowest BCUT2D eigenvalue weighted by Crippen LogP contribution is -2.32. The number of hydrogen-bond acceptors (Lipinski definition) is 5. The Bertz CT molecular complexity index is 1500. The van der Waals surface area contributed by atoms with Gasteiger partial charge in [0.25, 0.3) is 11.8 Å². The molecular weight excluding hydrogens is 534 g/mol. The maximum Gasteiger partial charge on any atom is 0.261 e. The summed E-state index contributed by atoms with van der Waals surface area (Å²) in [5, 5.41) is 13.7. The Hall–Kier alpha value is -4.37. The van der Waals surface area contributed by atoms with Crippen LogP contribution >= 0.6 is 15.9 Å². The molecule has 0 bridgehead atoms. The van der Waals surface area contributed by atoms with Crippen LogP contribution in [-0.2, 0) is 4.79 Å². The topological polar surface area (TPSA) is 97.3 Å². The predicted molar refractivity (Wildman–Crippen MR) is 147 cm³/mol. The Balaban J connectivity index is 1.55. The molecule has 1 unspecified atom stereocenters. The molecule has 186 valence electrons. The molecule has 8 nitrogen and oxygen atoms in total. The van der Waals surface area contributed by atoms with Crippen molar-refractivity contribution < 1.29 is 14.3 Å². The molecule has 0 radical (unpaired) electrons. The summed E-state index contributed by atoms with van der Waals surface area (Å²) >= 11 is 3.48. The Labute approximate surface area is 222 Å². The number of nitrogens with zero attached hydrogens (tertiary/aromatic N) is 2. The molecule has 0 fully saturated rings.